The van der Waals surface area contributed by atoms with Crippen molar-refractivity contribution in [3.63, 3.8) is 0 Å². The highest BCUT2D eigenvalue weighted by molar-refractivity contribution is 5.90. The summed E-state index contributed by atoms with van der Waals surface area (Å²) in [7, 11) is 0. The van der Waals surface area contributed by atoms with E-state index in [1.807, 2.05) is 0 Å². The van der Waals surface area contributed by atoms with Gasteiger partial charge in [-0.05, 0) is 25.3 Å². The second-order valence-electron chi connectivity index (χ2n) is 6.05. The van der Waals surface area contributed by atoms with Crippen LogP contribution in [0.15, 0.2) is 30.3 Å². The van der Waals surface area contributed by atoms with Crippen molar-refractivity contribution in [1.82, 2.24) is 4.90 Å². The molecule has 0 aromatic heterocycles. The Balaban J connectivity index is 0.00000147. The number of likely N-dealkylation sites (tertiary alicyclic amines) is 1. The molecule has 110 valence electrons. The lowest BCUT2D eigenvalue weighted by molar-refractivity contribution is -0.127. The van der Waals surface area contributed by atoms with Crippen LogP contribution in [0.5, 0.6) is 0 Å². The first-order valence-corrected chi connectivity index (χ1v) is 7.59. The van der Waals surface area contributed by atoms with Gasteiger partial charge < -0.3 is 0 Å². The molecule has 0 amide bonds. The third-order valence-electron chi connectivity index (χ3n) is 5.08. The maximum atomic E-state index is 12.5. The minimum Gasteiger partial charge on any atom is -0.298 e. The molecule has 1 aromatic carbocycles. The third kappa shape index (κ3) is 2.51. The fourth-order valence-corrected chi connectivity index (χ4v) is 4.01. The van der Waals surface area contributed by atoms with Crippen LogP contribution in [0.1, 0.15) is 57.1 Å². The number of Topliss-reactive ketones (excluding diaryl/α,β-unsaturated/α-hetero) is 1. The predicted molar refractivity (Wildman–Crippen MR) is 84.3 cm³/mol. The summed E-state index contributed by atoms with van der Waals surface area (Å²) in [5.74, 6) is 0.495. The van der Waals surface area contributed by atoms with E-state index in [-0.39, 0.29) is 17.9 Å². The summed E-state index contributed by atoms with van der Waals surface area (Å²) < 4.78 is 0. The smallest absolute Gasteiger partial charge is 0.154 e. The van der Waals surface area contributed by atoms with E-state index in [9.17, 15) is 4.79 Å². The van der Waals surface area contributed by atoms with Crippen molar-refractivity contribution in [3.8, 4) is 0 Å². The van der Waals surface area contributed by atoms with E-state index in [4.69, 9.17) is 0 Å². The van der Waals surface area contributed by atoms with E-state index in [1.165, 1.54) is 24.8 Å². The molecule has 3 rings (SSSR count). The van der Waals surface area contributed by atoms with Gasteiger partial charge in [-0.1, -0.05) is 49.6 Å². The average Bonchev–Trinajstić information content (AvgIpc) is 2.77. The monoisotopic (exact) mass is 293 g/mol. The zero-order chi connectivity index (χ0) is 13.3. The van der Waals surface area contributed by atoms with E-state index in [0.29, 0.717) is 11.8 Å². The third-order valence-corrected chi connectivity index (χ3v) is 5.08. The fraction of sp³-hybridized carbons (Fsp3) is 0.588. The first-order valence-electron chi connectivity index (χ1n) is 7.59. The summed E-state index contributed by atoms with van der Waals surface area (Å²) >= 11 is 0. The number of ketones is 1. The van der Waals surface area contributed by atoms with Gasteiger partial charge in [0.2, 0.25) is 0 Å². The molecule has 1 unspecified atom stereocenters. The predicted octanol–water partition coefficient (Wildman–Crippen LogP) is 4.15. The van der Waals surface area contributed by atoms with Crippen LogP contribution < -0.4 is 0 Å². The number of rotatable bonds is 2. The number of halogens is 1. The summed E-state index contributed by atoms with van der Waals surface area (Å²) in [6, 6.07) is 11.0. The highest BCUT2D eigenvalue weighted by Crippen LogP contribution is 2.43. The van der Waals surface area contributed by atoms with Crippen LogP contribution >= 0.6 is 12.4 Å². The van der Waals surface area contributed by atoms with Gasteiger partial charge in [0, 0.05) is 19.0 Å². The van der Waals surface area contributed by atoms with Crippen LogP contribution in [-0.2, 0) is 4.79 Å². The van der Waals surface area contributed by atoms with Crippen LogP contribution in [0.2, 0.25) is 0 Å². The van der Waals surface area contributed by atoms with Crippen molar-refractivity contribution >= 4 is 18.2 Å². The highest BCUT2D eigenvalue weighted by atomic mass is 35.5. The molecule has 2 nitrogen and oxygen atoms in total. The van der Waals surface area contributed by atoms with E-state index < -0.39 is 0 Å². The molecule has 2 aliphatic rings. The van der Waals surface area contributed by atoms with Gasteiger partial charge >= 0.3 is 0 Å². The van der Waals surface area contributed by atoms with Gasteiger partial charge in [-0.15, -0.1) is 12.4 Å². The number of hydrogen-bond acceptors (Lipinski definition) is 2. The van der Waals surface area contributed by atoms with E-state index >= 15 is 0 Å². The molecule has 1 aromatic rings. The molecule has 1 saturated heterocycles. The molecule has 1 aliphatic heterocycles. The van der Waals surface area contributed by atoms with Gasteiger partial charge in [0.1, 0.15) is 0 Å². The number of carbonyl (C=O) groups excluding carboxylic acids is 1. The summed E-state index contributed by atoms with van der Waals surface area (Å²) in [6.07, 6.45) is 6.61. The average molecular weight is 294 g/mol. The molecular formula is C17H24ClNO. The first kappa shape index (κ1) is 15.5. The number of nitrogens with zero attached hydrogens (tertiary/aromatic N) is 1. The Kier molecular flexibility index (Phi) is 4.87. The first-order chi connectivity index (χ1) is 9.24. The van der Waals surface area contributed by atoms with Crippen molar-refractivity contribution in [2.75, 3.05) is 6.54 Å². The Morgan fingerprint density at radius 2 is 1.75 bits per heavy atom. The van der Waals surface area contributed by atoms with Crippen molar-refractivity contribution in [3.05, 3.63) is 35.9 Å². The van der Waals surface area contributed by atoms with Gasteiger partial charge in [0.05, 0.1) is 5.54 Å². The van der Waals surface area contributed by atoms with E-state index in [2.05, 4.69) is 42.2 Å². The minimum absolute atomic E-state index is 0. The lowest BCUT2D eigenvalue weighted by Crippen LogP contribution is -2.50. The lowest BCUT2D eigenvalue weighted by Gasteiger charge is -2.43. The zero-order valence-corrected chi connectivity index (χ0v) is 13.0. The Bertz CT molecular complexity index is 453. The summed E-state index contributed by atoms with van der Waals surface area (Å²) in [6.45, 7) is 3.19. The molecule has 0 bridgehead atoms. The zero-order valence-electron chi connectivity index (χ0n) is 12.2. The molecule has 1 saturated carbocycles. The summed E-state index contributed by atoms with van der Waals surface area (Å²) in [5.41, 5.74) is 1.20. The Labute approximate surface area is 128 Å². The Hall–Kier alpha value is -0.860. The van der Waals surface area contributed by atoms with Gasteiger partial charge in [-0.2, -0.15) is 0 Å². The standard InChI is InChI=1S/C17H23NO.ClH/c1-14(15-8-4-2-5-9-15)18-13-10-16(19)17(18)11-6-3-7-12-17;/h2,4-5,8-9,14H,3,6-7,10-13H2,1H3;1H. The SMILES string of the molecule is CC(c1ccccc1)N1CCC(=O)C12CCCCC2.Cl. The van der Waals surface area contributed by atoms with Crippen LogP contribution in [0, 0.1) is 0 Å². The van der Waals surface area contributed by atoms with Gasteiger partial charge in [0.25, 0.3) is 0 Å². The maximum absolute atomic E-state index is 12.5. The molecule has 1 atom stereocenters. The van der Waals surface area contributed by atoms with Gasteiger partial charge in [0.15, 0.2) is 5.78 Å². The fourth-order valence-electron chi connectivity index (χ4n) is 4.01. The van der Waals surface area contributed by atoms with Crippen LogP contribution in [0.4, 0.5) is 0 Å². The molecule has 3 heteroatoms. The van der Waals surface area contributed by atoms with Gasteiger partial charge in [-0.25, -0.2) is 0 Å². The topological polar surface area (TPSA) is 20.3 Å². The van der Waals surface area contributed by atoms with Crippen molar-refractivity contribution in [2.24, 2.45) is 0 Å². The Morgan fingerprint density at radius 1 is 1.10 bits per heavy atom. The maximum Gasteiger partial charge on any atom is 0.154 e. The van der Waals surface area contributed by atoms with Crippen molar-refractivity contribution in [1.29, 1.82) is 0 Å². The molecule has 1 heterocycles. The second-order valence-corrected chi connectivity index (χ2v) is 6.05. The molecule has 0 radical (unpaired) electrons. The van der Waals surface area contributed by atoms with Crippen LogP contribution in [0.25, 0.3) is 0 Å². The van der Waals surface area contributed by atoms with Crippen LogP contribution in [-0.4, -0.2) is 22.8 Å². The van der Waals surface area contributed by atoms with Crippen LogP contribution in [0.3, 0.4) is 0 Å². The minimum atomic E-state index is -0.131. The normalized spacial score (nSPS) is 23.6. The molecular weight excluding hydrogens is 270 g/mol. The molecule has 20 heavy (non-hydrogen) atoms. The van der Waals surface area contributed by atoms with Crippen molar-refractivity contribution in [2.45, 2.75) is 57.0 Å². The summed E-state index contributed by atoms with van der Waals surface area (Å²) in [5, 5.41) is 0. The number of carbonyl (C=O) groups is 1. The summed E-state index contributed by atoms with van der Waals surface area (Å²) in [4.78, 5) is 14.9. The molecule has 1 spiro atoms. The highest BCUT2D eigenvalue weighted by Gasteiger charge is 2.49. The van der Waals surface area contributed by atoms with E-state index in [1.54, 1.807) is 0 Å². The van der Waals surface area contributed by atoms with E-state index in [0.717, 1.165) is 25.8 Å². The Morgan fingerprint density at radius 3 is 2.40 bits per heavy atom. The molecule has 1 aliphatic carbocycles. The largest absolute Gasteiger partial charge is 0.298 e. The second kappa shape index (κ2) is 6.28. The van der Waals surface area contributed by atoms with Crippen molar-refractivity contribution < 1.29 is 4.79 Å². The molecule has 0 N–H and O–H groups in total. The number of hydrogen-bond donors (Lipinski definition) is 0. The lowest BCUT2D eigenvalue weighted by atomic mass is 9.78. The number of benzene rings is 1. The molecule has 2 fully saturated rings. The quantitative estimate of drug-likeness (QED) is 0.816. The van der Waals surface area contributed by atoms with Gasteiger partial charge in [-0.3, -0.25) is 9.69 Å².